The first kappa shape index (κ1) is 12.4. The van der Waals surface area contributed by atoms with Gasteiger partial charge in [0, 0.05) is 6.04 Å². The van der Waals surface area contributed by atoms with Crippen molar-refractivity contribution in [2.45, 2.75) is 57.9 Å². The fourth-order valence-electron chi connectivity index (χ4n) is 3.40. The lowest BCUT2D eigenvalue weighted by atomic mass is 9.82. The molecule has 2 aliphatic rings. The van der Waals surface area contributed by atoms with Gasteiger partial charge in [-0.3, -0.25) is 0 Å². The maximum atomic E-state index is 5.72. The van der Waals surface area contributed by atoms with Crippen LogP contribution in [0.2, 0.25) is 0 Å². The Morgan fingerprint density at radius 2 is 1.69 bits per heavy atom. The smallest absolute Gasteiger partial charge is 0.00698 e. The Hall–Kier alpha value is -0.0800. The van der Waals surface area contributed by atoms with Crippen molar-refractivity contribution in [3.63, 3.8) is 0 Å². The van der Waals surface area contributed by atoms with Crippen molar-refractivity contribution < 1.29 is 0 Å². The van der Waals surface area contributed by atoms with E-state index in [9.17, 15) is 0 Å². The molecule has 0 bridgehead atoms. The van der Waals surface area contributed by atoms with E-state index in [1.807, 2.05) is 0 Å². The van der Waals surface area contributed by atoms with Gasteiger partial charge >= 0.3 is 0 Å². The van der Waals surface area contributed by atoms with Crippen LogP contribution in [0.25, 0.3) is 0 Å². The molecule has 0 aliphatic heterocycles. The number of hydrogen-bond donors (Lipinski definition) is 2. The zero-order chi connectivity index (χ0) is 11.4. The van der Waals surface area contributed by atoms with Crippen molar-refractivity contribution in [3.05, 3.63) is 0 Å². The topological polar surface area (TPSA) is 38.0 Å². The molecule has 2 saturated carbocycles. The monoisotopic (exact) mass is 224 g/mol. The lowest BCUT2D eigenvalue weighted by molar-refractivity contribution is 0.265. The van der Waals surface area contributed by atoms with Crippen LogP contribution in [-0.2, 0) is 0 Å². The zero-order valence-electron chi connectivity index (χ0n) is 10.8. The van der Waals surface area contributed by atoms with Crippen LogP contribution in [0.5, 0.6) is 0 Å². The number of rotatable bonds is 4. The Bertz CT molecular complexity index is 197. The van der Waals surface area contributed by atoms with E-state index in [0.29, 0.717) is 0 Å². The summed E-state index contributed by atoms with van der Waals surface area (Å²) < 4.78 is 0. The van der Waals surface area contributed by atoms with E-state index in [0.717, 1.165) is 30.3 Å². The summed E-state index contributed by atoms with van der Waals surface area (Å²) in [5, 5.41) is 3.78. The van der Waals surface area contributed by atoms with Crippen LogP contribution in [0.4, 0.5) is 0 Å². The molecule has 0 aromatic heterocycles. The molecule has 16 heavy (non-hydrogen) atoms. The van der Waals surface area contributed by atoms with Crippen LogP contribution < -0.4 is 11.1 Å². The maximum absolute atomic E-state index is 5.72. The maximum Gasteiger partial charge on any atom is 0.00698 e. The normalized spacial score (nSPS) is 40.1. The summed E-state index contributed by atoms with van der Waals surface area (Å²) in [4.78, 5) is 0. The number of nitrogens with one attached hydrogen (secondary N) is 1. The Morgan fingerprint density at radius 3 is 2.25 bits per heavy atom. The van der Waals surface area contributed by atoms with Gasteiger partial charge in [0.2, 0.25) is 0 Å². The summed E-state index contributed by atoms with van der Waals surface area (Å²) in [5.74, 6) is 2.70. The molecule has 0 heterocycles. The van der Waals surface area contributed by atoms with Crippen LogP contribution in [0, 0.1) is 17.8 Å². The molecule has 94 valence electrons. The minimum absolute atomic E-state index is 0.822. The van der Waals surface area contributed by atoms with E-state index in [1.54, 1.807) is 0 Å². The van der Waals surface area contributed by atoms with Gasteiger partial charge in [0.25, 0.3) is 0 Å². The highest BCUT2D eigenvalue weighted by Crippen LogP contribution is 2.29. The predicted octanol–water partition coefficient (Wildman–Crippen LogP) is 2.53. The molecule has 0 aromatic carbocycles. The zero-order valence-corrected chi connectivity index (χ0v) is 10.8. The average Bonchev–Trinajstić information content (AvgIpc) is 2.73. The lowest BCUT2D eigenvalue weighted by Gasteiger charge is -2.28. The van der Waals surface area contributed by atoms with Gasteiger partial charge in [-0.1, -0.05) is 6.92 Å². The second kappa shape index (κ2) is 6.02. The molecule has 0 aromatic rings. The first-order chi connectivity index (χ1) is 7.78. The summed E-state index contributed by atoms with van der Waals surface area (Å²) in [5.41, 5.74) is 5.72. The molecule has 3 N–H and O–H groups in total. The Kier molecular flexibility index (Phi) is 4.66. The first-order valence-corrected chi connectivity index (χ1v) is 7.21. The average molecular weight is 224 g/mol. The summed E-state index contributed by atoms with van der Waals surface area (Å²) in [6.07, 6.45) is 9.76. The molecule has 0 radical (unpaired) electrons. The number of nitrogens with two attached hydrogens (primary N) is 1. The molecule has 2 nitrogen and oxygen atoms in total. The van der Waals surface area contributed by atoms with Crippen LogP contribution in [0.1, 0.15) is 51.9 Å². The van der Waals surface area contributed by atoms with Crippen molar-refractivity contribution in [2.75, 3.05) is 13.1 Å². The summed E-state index contributed by atoms with van der Waals surface area (Å²) >= 11 is 0. The Labute approximate surface area is 100 Å². The van der Waals surface area contributed by atoms with Crippen molar-refractivity contribution in [3.8, 4) is 0 Å². The lowest BCUT2D eigenvalue weighted by Crippen LogP contribution is -2.34. The Morgan fingerprint density at radius 1 is 1.00 bits per heavy atom. The molecule has 2 aliphatic carbocycles. The van der Waals surface area contributed by atoms with E-state index in [4.69, 9.17) is 5.73 Å². The third kappa shape index (κ3) is 3.46. The fourth-order valence-corrected chi connectivity index (χ4v) is 3.40. The van der Waals surface area contributed by atoms with Crippen LogP contribution in [0.3, 0.4) is 0 Å². The van der Waals surface area contributed by atoms with Crippen LogP contribution >= 0.6 is 0 Å². The van der Waals surface area contributed by atoms with Gasteiger partial charge in [-0.25, -0.2) is 0 Å². The van der Waals surface area contributed by atoms with E-state index < -0.39 is 0 Å². The van der Waals surface area contributed by atoms with Crippen molar-refractivity contribution >= 4 is 0 Å². The third-order valence-electron chi connectivity index (χ3n) is 4.69. The Balaban J connectivity index is 1.60. The van der Waals surface area contributed by atoms with E-state index in [1.165, 1.54) is 51.5 Å². The van der Waals surface area contributed by atoms with Crippen molar-refractivity contribution in [1.29, 1.82) is 0 Å². The molecule has 2 unspecified atom stereocenters. The van der Waals surface area contributed by atoms with Gasteiger partial charge < -0.3 is 11.1 Å². The van der Waals surface area contributed by atoms with Crippen molar-refractivity contribution in [1.82, 2.24) is 5.32 Å². The third-order valence-corrected chi connectivity index (χ3v) is 4.69. The fraction of sp³-hybridized carbons (Fsp3) is 1.00. The summed E-state index contributed by atoms with van der Waals surface area (Å²) in [6.45, 7) is 4.54. The minimum Gasteiger partial charge on any atom is -0.330 e. The molecule has 2 heteroatoms. The van der Waals surface area contributed by atoms with E-state index in [-0.39, 0.29) is 0 Å². The van der Waals surface area contributed by atoms with Crippen molar-refractivity contribution in [2.24, 2.45) is 23.5 Å². The minimum atomic E-state index is 0.822. The number of hydrogen-bond acceptors (Lipinski definition) is 2. The molecule has 2 rings (SSSR count). The molecule has 0 saturated heterocycles. The van der Waals surface area contributed by atoms with Gasteiger partial charge in [-0.15, -0.1) is 0 Å². The molecular formula is C14H28N2. The molecule has 0 spiro atoms. The van der Waals surface area contributed by atoms with Gasteiger partial charge in [-0.2, -0.15) is 0 Å². The van der Waals surface area contributed by atoms with Gasteiger partial charge in [0.1, 0.15) is 0 Å². The van der Waals surface area contributed by atoms with Gasteiger partial charge in [-0.05, 0) is 75.8 Å². The standard InChI is InChI=1S/C14H28N2/c1-11-2-7-14(8-11)16-10-13-5-3-12(9-15)4-6-13/h11-14,16H,2-10,15H2,1H3. The highest BCUT2D eigenvalue weighted by atomic mass is 14.9. The van der Waals surface area contributed by atoms with Crippen LogP contribution in [0.15, 0.2) is 0 Å². The second-order valence-electron chi connectivity index (χ2n) is 6.15. The predicted molar refractivity (Wildman–Crippen MR) is 69.3 cm³/mol. The molecular weight excluding hydrogens is 196 g/mol. The SMILES string of the molecule is CC1CCC(NCC2CCC(CN)CC2)C1. The van der Waals surface area contributed by atoms with Gasteiger partial charge in [0.05, 0.1) is 0 Å². The van der Waals surface area contributed by atoms with E-state index in [2.05, 4.69) is 12.2 Å². The molecule has 2 fully saturated rings. The highest BCUT2D eigenvalue weighted by molar-refractivity contribution is 4.81. The van der Waals surface area contributed by atoms with Crippen LogP contribution in [-0.4, -0.2) is 19.1 Å². The quantitative estimate of drug-likeness (QED) is 0.770. The molecule has 2 atom stereocenters. The van der Waals surface area contributed by atoms with E-state index >= 15 is 0 Å². The highest BCUT2D eigenvalue weighted by Gasteiger charge is 2.24. The first-order valence-electron chi connectivity index (χ1n) is 7.21. The summed E-state index contributed by atoms with van der Waals surface area (Å²) in [6, 6.07) is 0.822. The molecule has 0 amide bonds. The largest absolute Gasteiger partial charge is 0.330 e. The summed E-state index contributed by atoms with van der Waals surface area (Å²) in [7, 11) is 0. The second-order valence-corrected chi connectivity index (χ2v) is 6.15. The van der Waals surface area contributed by atoms with Gasteiger partial charge in [0.15, 0.2) is 0 Å².